The van der Waals surface area contributed by atoms with Gasteiger partial charge in [0, 0.05) is 50.5 Å². The number of amides is 1. The molecule has 0 unspecified atom stereocenters. The first-order chi connectivity index (χ1) is 14.6. The van der Waals surface area contributed by atoms with Gasteiger partial charge in [-0.2, -0.15) is 0 Å². The number of carbonyl (C=O) groups excluding carboxylic acids is 1. The molecule has 0 saturated carbocycles. The highest BCUT2D eigenvalue weighted by Gasteiger charge is 2.23. The number of halogens is 1. The van der Waals surface area contributed by atoms with Crippen LogP contribution in [0.5, 0.6) is 0 Å². The Balaban J connectivity index is 1.28. The van der Waals surface area contributed by atoms with E-state index < -0.39 is 0 Å². The molecule has 2 fully saturated rings. The molecule has 0 spiro atoms. The van der Waals surface area contributed by atoms with Crippen molar-refractivity contribution in [1.29, 1.82) is 0 Å². The van der Waals surface area contributed by atoms with Crippen LogP contribution in [0.1, 0.15) is 26.2 Å². The summed E-state index contributed by atoms with van der Waals surface area (Å²) in [5.74, 6) is 1.24. The van der Waals surface area contributed by atoms with E-state index >= 15 is 0 Å². The third-order valence-corrected chi connectivity index (χ3v) is 6.80. The van der Waals surface area contributed by atoms with E-state index in [0.29, 0.717) is 24.9 Å². The fourth-order valence-corrected chi connectivity index (χ4v) is 4.86. The van der Waals surface area contributed by atoms with Gasteiger partial charge in [-0.15, -0.1) is 0 Å². The molecule has 6 nitrogen and oxygen atoms in total. The molecule has 1 amide bonds. The number of hydrogen-bond acceptors (Lipinski definition) is 6. The van der Waals surface area contributed by atoms with Gasteiger partial charge in [0.1, 0.15) is 23.0 Å². The van der Waals surface area contributed by atoms with E-state index in [2.05, 4.69) is 26.7 Å². The number of anilines is 2. The molecule has 1 aromatic heterocycles. The van der Waals surface area contributed by atoms with E-state index in [0.717, 1.165) is 36.2 Å². The zero-order valence-electron chi connectivity index (χ0n) is 17.3. The lowest BCUT2D eigenvalue weighted by Crippen LogP contribution is -2.49. The van der Waals surface area contributed by atoms with Gasteiger partial charge in [0.15, 0.2) is 0 Å². The van der Waals surface area contributed by atoms with Crippen molar-refractivity contribution in [3.8, 4) is 0 Å². The van der Waals surface area contributed by atoms with Crippen LogP contribution in [0.4, 0.5) is 15.9 Å². The molecule has 2 aromatic rings. The summed E-state index contributed by atoms with van der Waals surface area (Å²) in [5.41, 5.74) is 0.998. The predicted molar refractivity (Wildman–Crippen MR) is 119 cm³/mol. The maximum absolute atomic E-state index is 13.1. The number of piperazine rings is 1. The van der Waals surface area contributed by atoms with Gasteiger partial charge >= 0.3 is 0 Å². The Morgan fingerprint density at radius 2 is 1.87 bits per heavy atom. The van der Waals surface area contributed by atoms with Crippen molar-refractivity contribution in [3.63, 3.8) is 0 Å². The highest BCUT2D eigenvalue weighted by atomic mass is 32.2. The third-order valence-electron chi connectivity index (χ3n) is 5.89. The summed E-state index contributed by atoms with van der Waals surface area (Å²) in [5, 5.41) is 0.844. The first-order valence-electron chi connectivity index (χ1n) is 10.6. The summed E-state index contributed by atoms with van der Waals surface area (Å²) in [6, 6.07) is 9.03. The summed E-state index contributed by atoms with van der Waals surface area (Å²) in [4.78, 5) is 27.9. The van der Waals surface area contributed by atoms with Crippen LogP contribution in [-0.4, -0.2) is 65.3 Å². The van der Waals surface area contributed by atoms with Crippen LogP contribution in [0, 0.1) is 5.82 Å². The summed E-state index contributed by atoms with van der Waals surface area (Å²) >= 11 is 1.48. The number of benzene rings is 1. The highest BCUT2D eigenvalue weighted by molar-refractivity contribution is 7.99. The fraction of sp³-hybridized carbons (Fsp3) is 0.500. The van der Waals surface area contributed by atoms with Crippen LogP contribution in [0.25, 0.3) is 0 Å². The van der Waals surface area contributed by atoms with Gasteiger partial charge in [0.25, 0.3) is 0 Å². The topological polar surface area (TPSA) is 52.6 Å². The van der Waals surface area contributed by atoms with E-state index in [4.69, 9.17) is 0 Å². The van der Waals surface area contributed by atoms with Crippen LogP contribution in [0.2, 0.25) is 0 Å². The van der Waals surface area contributed by atoms with Crippen molar-refractivity contribution in [2.75, 3.05) is 48.3 Å². The van der Waals surface area contributed by atoms with Crippen LogP contribution in [-0.2, 0) is 4.79 Å². The van der Waals surface area contributed by atoms with Crippen molar-refractivity contribution in [1.82, 2.24) is 14.9 Å². The lowest BCUT2D eigenvalue weighted by molar-refractivity contribution is -0.128. The SMILES string of the molecule is C[C@H]1CCCCN1c1cc(SCC(=O)N2CCN(c3ccc(F)cc3)CC2)ncn1. The second-order valence-corrected chi connectivity index (χ2v) is 8.88. The Morgan fingerprint density at radius 1 is 1.10 bits per heavy atom. The predicted octanol–water partition coefficient (Wildman–Crippen LogP) is 3.44. The molecule has 0 bridgehead atoms. The molecular weight excluding hydrogens is 401 g/mol. The number of rotatable bonds is 5. The van der Waals surface area contributed by atoms with E-state index in [9.17, 15) is 9.18 Å². The molecule has 8 heteroatoms. The molecular formula is C22H28FN5OS. The first-order valence-corrected chi connectivity index (χ1v) is 11.6. The molecule has 1 atom stereocenters. The smallest absolute Gasteiger partial charge is 0.233 e. The average molecular weight is 430 g/mol. The third kappa shape index (κ3) is 5.03. The quantitative estimate of drug-likeness (QED) is 0.536. The molecule has 0 radical (unpaired) electrons. The maximum atomic E-state index is 13.1. The minimum absolute atomic E-state index is 0.130. The van der Waals surface area contributed by atoms with Crippen LogP contribution < -0.4 is 9.80 Å². The van der Waals surface area contributed by atoms with Crippen molar-refractivity contribution in [2.24, 2.45) is 0 Å². The molecule has 2 aliphatic heterocycles. The Kier molecular flexibility index (Phi) is 6.72. The number of nitrogens with zero attached hydrogens (tertiary/aromatic N) is 5. The second-order valence-electron chi connectivity index (χ2n) is 7.89. The highest BCUT2D eigenvalue weighted by Crippen LogP contribution is 2.26. The number of carbonyl (C=O) groups is 1. The zero-order valence-corrected chi connectivity index (χ0v) is 18.2. The summed E-state index contributed by atoms with van der Waals surface area (Å²) in [6.45, 7) is 6.13. The molecule has 4 rings (SSSR count). The monoisotopic (exact) mass is 429 g/mol. The maximum Gasteiger partial charge on any atom is 0.233 e. The van der Waals surface area contributed by atoms with Crippen LogP contribution >= 0.6 is 11.8 Å². The number of thioether (sulfide) groups is 1. The normalized spacial score (nSPS) is 19.8. The van der Waals surface area contributed by atoms with Crippen molar-refractivity contribution < 1.29 is 9.18 Å². The Bertz CT molecular complexity index is 857. The molecule has 160 valence electrons. The summed E-state index contributed by atoms with van der Waals surface area (Å²) in [7, 11) is 0. The number of hydrogen-bond donors (Lipinski definition) is 0. The van der Waals surface area contributed by atoms with Gasteiger partial charge < -0.3 is 14.7 Å². The van der Waals surface area contributed by atoms with E-state index in [-0.39, 0.29) is 11.7 Å². The standard InChI is InChI=1S/C22H28FN5OS/c1-17-4-2-3-9-28(17)20-14-21(25-16-24-20)30-15-22(29)27-12-10-26(11-13-27)19-7-5-18(23)6-8-19/h5-8,14,16-17H,2-4,9-13,15H2,1H3/t17-/m0/s1. The largest absolute Gasteiger partial charge is 0.368 e. The molecule has 3 heterocycles. The minimum atomic E-state index is -0.229. The first kappa shape index (κ1) is 20.9. The van der Waals surface area contributed by atoms with E-state index in [1.54, 1.807) is 18.5 Å². The van der Waals surface area contributed by atoms with Crippen molar-refractivity contribution >= 4 is 29.2 Å². The second kappa shape index (κ2) is 9.64. The molecule has 2 aliphatic rings. The van der Waals surface area contributed by atoms with Gasteiger partial charge in [-0.25, -0.2) is 14.4 Å². The molecule has 2 saturated heterocycles. The number of aromatic nitrogens is 2. The molecule has 0 aliphatic carbocycles. The van der Waals surface area contributed by atoms with Crippen molar-refractivity contribution in [2.45, 2.75) is 37.3 Å². The van der Waals surface area contributed by atoms with Crippen LogP contribution in [0.15, 0.2) is 41.7 Å². The van der Waals surface area contributed by atoms with Crippen LogP contribution in [0.3, 0.4) is 0 Å². The van der Waals surface area contributed by atoms with Gasteiger partial charge in [0.05, 0.1) is 5.75 Å². The zero-order chi connectivity index (χ0) is 20.9. The molecule has 0 N–H and O–H groups in total. The fourth-order valence-electron chi connectivity index (χ4n) is 4.10. The average Bonchev–Trinajstić information content (AvgIpc) is 2.79. The Morgan fingerprint density at radius 3 is 2.60 bits per heavy atom. The van der Waals surface area contributed by atoms with Gasteiger partial charge in [0.2, 0.25) is 5.91 Å². The molecule has 30 heavy (non-hydrogen) atoms. The lowest BCUT2D eigenvalue weighted by atomic mass is 10.0. The summed E-state index contributed by atoms with van der Waals surface area (Å²) < 4.78 is 13.1. The molecule has 1 aromatic carbocycles. The summed E-state index contributed by atoms with van der Waals surface area (Å²) in [6.07, 6.45) is 5.26. The van der Waals surface area contributed by atoms with Gasteiger partial charge in [-0.1, -0.05) is 11.8 Å². The van der Waals surface area contributed by atoms with E-state index in [1.165, 1.54) is 43.2 Å². The van der Waals surface area contributed by atoms with Gasteiger partial charge in [-0.05, 0) is 50.5 Å². The van der Waals surface area contributed by atoms with Gasteiger partial charge in [-0.3, -0.25) is 4.79 Å². The Hall–Kier alpha value is -2.35. The lowest BCUT2D eigenvalue weighted by Gasteiger charge is -2.36. The van der Waals surface area contributed by atoms with E-state index in [1.807, 2.05) is 11.0 Å². The van der Waals surface area contributed by atoms with Crippen molar-refractivity contribution in [3.05, 3.63) is 42.5 Å². The minimum Gasteiger partial charge on any atom is -0.368 e. The Labute approximate surface area is 181 Å². The number of piperidine rings is 1.